The van der Waals surface area contributed by atoms with Gasteiger partial charge in [0, 0.05) is 11.7 Å². The van der Waals surface area contributed by atoms with E-state index in [-0.39, 0.29) is 29.7 Å². The lowest BCUT2D eigenvalue weighted by Crippen LogP contribution is -2.45. The van der Waals surface area contributed by atoms with Crippen molar-refractivity contribution < 1.29 is 24.2 Å². The van der Waals surface area contributed by atoms with Gasteiger partial charge in [0.2, 0.25) is 5.82 Å². The van der Waals surface area contributed by atoms with Crippen molar-refractivity contribution in [3.8, 4) is 11.1 Å². The highest BCUT2D eigenvalue weighted by Crippen LogP contribution is 2.44. The number of aromatic nitrogens is 3. The Hall–Kier alpha value is -3.86. The van der Waals surface area contributed by atoms with Crippen molar-refractivity contribution >= 4 is 35.7 Å². The number of carbonyl (C=O) groups excluding carboxylic acids is 2. The lowest BCUT2D eigenvalue weighted by molar-refractivity contribution is -0.141. The van der Waals surface area contributed by atoms with Crippen LogP contribution < -0.4 is 5.32 Å². The monoisotopic (exact) mass is 493 g/mol. The lowest BCUT2D eigenvalue weighted by Gasteiger charge is -2.25. The molecule has 0 spiro atoms. The van der Waals surface area contributed by atoms with E-state index in [1.807, 2.05) is 43.3 Å². The highest BCUT2D eigenvalue weighted by Gasteiger charge is 2.42. The Balaban J connectivity index is 1.24. The van der Waals surface area contributed by atoms with Gasteiger partial charge in [0.15, 0.2) is 0 Å². The van der Waals surface area contributed by atoms with Gasteiger partial charge in [0.1, 0.15) is 12.6 Å². The van der Waals surface area contributed by atoms with Crippen LogP contribution in [0.1, 0.15) is 41.0 Å². The number of H-pyrrole nitrogens is 1. The molecule has 2 aromatic carbocycles. The van der Waals surface area contributed by atoms with Crippen LogP contribution in [-0.4, -0.2) is 66.9 Å². The highest BCUT2D eigenvalue weighted by molar-refractivity contribution is 8.00. The van der Waals surface area contributed by atoms with Gasteiger partial charge in [-0.05, 0) is 28.7 Å². The number of fused-ring (bicyclic) bond motifs is 3. The predicted molar refractivity (Wildman–Crippen MR) is 129 cm³/mol. The number of hydrogen-bond donors (Lipinski definition) is 3. The number of benzene rings is 2. The first-order valence-corrected chi connectivity index (χ1v) is 12.2. The van der Waals surface area contributed by atoms with E-state index in [4.69, 9.17) is 4.74 Å². The van der Waals surface area contributed by atoms with Crippen LogP contribution in [-0.2, 0) is 9.53 Å². The summed E-state index contributed by atoms with van der Waals surface area (Å²) in [7, 11) is 0. The van der Waals surface area contributed by atoms with Crippen molar-refractivity contribution in [2.75, 3.05) is 17.7 Å². The first kappa shape index (κ1) is 22.9. The molecule has 1 aliphatic carbocycles. The standard InChI is InChI=1S/C24H23N5O5S/c1-2-19-29(18(12-35-19)22(31)32)21(30)20-25-23(28-27-20)26-24(33)34-11-17-15-9-5-3-7-13(15)14-8-4-6-10-16(14)17/h3-10,17-19H,2,11-12H2,1H3,(H,31,32)(H2,25,26,27,28,33). The summed E-state index contributed by atoms with van der Waals surface area (Å²) in [5, 5.41) is 18.0. The molecule has 10 nitrogen and oxygen atoms in total. The van der Waals surface area contributed by atoms with Gasteiger partial charge in [-0.15, -0.1) is 16.9 Å². The van der Waals surface area contributed by atoms with Crippen molar-refractivity contribution in [1.29, 1.82) is 0 Å². The lowest BCUT2D eigenvalue weighted by atomic mass is 9.98. The van der Waals surface area contributed by atoms with Crippen LogP contribution in [0.2, 0.25) is 0 Å². The summed E-state index contributed by atoms with van der Waals surface area (Å²) in [5.41, 5.74) is 4.43. The number of amides is 2. The number of aliphatic carboxylic acids is 1. The van der Waals surface area contributed by atoms with E-state index in [9.17, 15) is 19.5 Å². The van der Waals surface area contributed by atoms with Gasteiger partial charge in [0.25, 0.3) is 11.9 Å². The number of rotatable bonds is 6. The van der Waals surface area contributed by atoms with Crippen molar-refractivity contribution in [1.82, 2.24) is 20.1 Å². The Labute approximate surface area is 205 Å². The van der Waals surface area contributed by atoms with Gasteiger partial charge in [-0.3, -0.25) is 15.2 Å². The number of aromatic amines is 1. The maximum Gasteiger partial charge on any atom is 0.414 e. The smallest absolute Gasteiger partial charge is 0.414 e. The van der Waals surface area contributed by atoms with Crippen LogP contribution in [0.15, 0.2) is 48.5 Å². The van der Waals surface area contributed by atoms with Gasteiger partial charge in [-0.25, -0.2) is 9.59 Å². The molecule has 3 aromatic rings. The number of anilines is 1. The van der Waals surface area contributed by atoms with E-state index >= 15 is 0 Å². The fourth-order valence-corrected chi connectivity index (χ4v) is 5.95. The highest BCUT2D eigenvalue weighted by atomic mass is 32.2. The first-order chi connectivity index (χ1) is 17.0. The third-order valence-electron chi connectivity index (χ3n) is 6.21. The number of nitrogens with one attached hydrogen (secondary N) is 2. The average molecular weight is 494 g/mol. The number of carboxylic acids is 1. The Kier molecular flexibility index (Phi) is 6.16. The molecule has 5 rings (SSSR count). The van der Waals surface area contributed by atoms with Crippen molar-refractivity contribution in [3.05, 3.63) is 65.5 Å². The van der Waals surface area contributed by atoms with Crippen LogP contribution in [0.3, 0.4) is 0 Å². The molecule has 11 heteroatoms. The van der Waals surface area contributed by atoms with Gasteiger partial charge in [0.05, 0.1) is 5.37 Å². The molecule has 2 atom stereocenters. The average Bonchev–Trinajstić information content (AvgIpc) is 3.58. The van der Waals surface area contributed by atoms with Crippen molar-refractivity contribution in [2.24, 2.45) is 0 Å². The third-order valence-corrected chi connectivity index (χ3v) is 7.66. The van der Waals surface area contributed by atoms with Gasteiger partial charge in [-0.2, -0.15) is 4.98 Å². The van der Waals surface area contributed by atoms with Crippen molar-refractivity contribution in [2.45, 2.75) is 30.7 Å². The molecule has 0 bridgehead atoms. The summed E-state index contributed by atoms with van der Waals surface area (Å²) in [6.45, 7) is 2.01. The zero-order valence-corrected chi connectivity index (χ0v) is 19.6. The van der Waals surface area contributed by atoms with E-state index in [1.54, 1.807) is 0 Å². The normalized spacial score (nSPS) is 18.7. The summed E-state index contributed by atoms with van der Waals surface area (Å²) in [6, 6.07) is 15.1. The molecular formula is C24H23N5O5S. The zero-order chi connectivity index (χ0) is 24.5. The molecule has 1 fully saturated rings. The van der Waals surface area contributed by atoms with E-state index in [0.717, 1.165) is 22.3 Å². The molecule has 0 saturated carbocycles. The Morgan fingerprint density at radius 2 is 1.80 bits per heavy atom. The number of ether oxygens (including phenoxy) is 1. The van der Waals surface area contributed by atoms with E-state index in [2.05, 4.69) is 32.6 Å². The van der Waals surface area contributed by atoms with Crippen LogP contribution in [0.25, 0.3) is 11.1 Å². The minimum atomic E-state index is -1.07. The van der Waals surface area contributed by atoms with Crippen LogP contribution in [0.4, 0.5) is 10.7 Å². The Bertz CT molecular complexity index is 1250. The Morgan fingerprint density at radius 1 is 1.14 bits per heavy atom. The molecule has 180 valence electrons. The van der Waals surface area contributed by atoms with E-state index in [1.165, 1.54) is 16.7 Å². The van der Waals surface area contributed by atoms with Gasteiger partial charge >= 0.3 is 12.1 Å². The fraction of sp³-hybridized carbons (Fsp3) is 0.292. The first-order valence-electron chi connectivity index (χ1n) is 11.2. The number of carbonyl (C=O) groups is 3. The molecule has 2 unspecified atom stereocenters. The molecule has 2 heterocycles. The van der Waals surface area contributed by atoms with Crippen LogP contribution >= 0.6 is 11.8 Å². The quantitative estimate of drug-likeness (QED) is 0.474. The Morgan fingerprint density at radius 3 is 2.43 bits per heavy atom. The second kappa shape index (κ2) is 9.41. The maximum absolute atomic E-state index is 12.9. The van der Waals surface area contributed by atoms with E-state index in [0.29, 0.717) is 12.2 Å². The summed E-state index contributed by atoms with van der Waals surface area (Å²) >= 11 is 1.41. The molecule has 2 amide bonds. The van der Waals surface area contributed by atoms with Gasteiger partial charge < -0.3 is 14.7 Å². The largest absolute Gasteiger partial charge is 0.480 e. The number of carboxylic acid groups (broad SMARTS) is 1. The molecule has 1 saturated heterocycles. The minimum absolute atomic E-state index is 0.0935. The predicted octanol–water partition coefficient (Wildman–Crippen LogP) is 3.54. The van der Waals surface area contributed by atoms with Crippen LogP contribution in [0, 0.1) is 0 Å². The van der Waals surface area contributed by atoms with Crippen LogP contribution in [0.5, 0.6) is 0 Å². The summed E-state index contributed by atoms with van der Waals surface area (Å²) in [6.07, 6.45) is -0.157. The molecule has 3 N–H and O–H groups in total. The minimum Gasteiger partial charge on any atom is -0.480 e. The zero-order valence-electron chi connectivity index (χ0n) is 18.8. The van der Waals surface area contributed by atoms with Gasteiger partial charge in [-0.1, -0.05) is 55.5 Å². The second-order valence-corrected chi connectivity index (χ2v) is 9.43. The second-order valence-electron chi connectivity index (χ2n) is 8.22. The number of thioether (sulfide) groups is 1. The summed E-state index contributed by atoms with van der Waals surface area (Å²) < 4.78 is 5.48. The topological polar surface area (TPSA) is 138 Å². The van der Waals surface area contributed by atoms with E-state index < -0.39 is 24.0 Å². The number of nitrogens with zero attached hydrogens (tertiary/aromatic N) is 3. The molecule has 1 aromatic heterocycles. The fourth-order valence-electron chi connectivity index (χ4n) is 4.60. The molecule has 0 radical (unpaired) electrons. The summed E-state index contributed by atoms with van der Waals surface area (Å²) in [5.74, 6) is -1.72. The summed E-state index contributed by atoms with van der Waals surface area (Å²) in [4.78, 5) is 42.3. The third kappa shape index (κ3) is 4.23. The number of hydrogen-bond acceptors (Lipinski definition) is 7. The maximum atomic E-state index is 12.9. The molecule has 1 aliphatic heterocycles. The molecule has 2 aliphatic rings. The van der Waals surface area contributed by atoms with Crippen molar-refractivity contribution in [3.63, 3.8) is 0 Å². The molecule has 35 heavy (non-hydrogen) atoms. The SMILES string of the molecule is CCC1SCC(C(=O)O)N1C(=O)c1nc(NC(=O)OCC2c3ccccc3-c3ccccc32)n[nH]1. The molecular weight excluding hydrogens is 470 g/mol.